The van der Waals surface area contributed by atoms with Gasteiger partial charge in [-0.2, -0.15) is 5.10 Å². The molecule has 0 spiro atoms. The molecule has 0 aliphatic carbocycles. The molecule has 0 atom stereocenters. The lowest BCUT2D eigenvalue weighted by atomic mass is 10.4. The van der Waals surface area contributed by atoms with Crippen molar-refractivity contribution in [3.05, 3.63) is 12.4 Å². The summed E-state index contributed by atoms with van der Waals surface area (Å²) in [7, 11) is 1.72. The van der Waals surface area contributed by atoms with Crippen LogP contribution in [0, 0.1) is 0 Å². The van der Waals surface area contributed by atoms with E-state index in [1.54, 1.807) is 7.11 Å². The number of methoxy groups -OCH3 is 1. The van der Waals surface area contributed by atoms with Crippen LogP contribution in [0.2, 0.25) is 0 Å². The van der Waals surface area contributed by atoms with Gasteiger partial charge in [0.15, 0.2) is 0 Å². The maximum absolute atomic E-state index is 4.98. The fourth-order valence-corrected chi connectivity index (χ4v) is 1.26. The molecule has 0 fully saturated rings. The summed E-state index contributed by atoms with van der Waals surface area (Å²) in [4.78, 5) is 0. The molecule has 0 radical (unpaired) electrons. The molecule has 0 aliphatic rings. The minimum absolute atomic E-state index is 0.451. The molecule has 80 valence electrons. The van der Waals surface area contributed by atoms with Crippen molar-refractivity contribution < 1.29 is 4.74 Å². The van der Waals surface area contributed by atoms with Crippen LogP contribution in [0.4, 0.5) is 5.69 Å². The second kappa shape index (κ2) is 5.65. The number of aryl methyl sites for hydroxylation is 1. The molecule has 0 unspecified atom stereocenters. The maximum Gasteiger partial charge on any atom is 0.0728 e. The normalized spacial score (nSPS) is 10.9. The Bertz CT molecular complexity index is 258. The summed E-state index contributed by atoms with van der Waals surface area (Å²) >= 11 is 0. The molecule has 1 N–H and O–H groups in total. The number of nitrogens with zero attached hydrogens (tertiary/aromatic N) is 2. The Morgan fingerprint density at radius 1 is 1.57 bits per heavy atom. The molecule has 4 nitrogen and oxygen atoms in total. The van der Waals surface area contributed by atoms with E-state index >= 15 is 0 Å². The monoisotopic (exact) mass is 197 g/mol. The fourth-order valence-electron chi connectivity index (χ4n) is 1.26. The number of nitrogens with one attached hydrogen (secondary N) is 1. The van der Waals surface area contributed by atoms with E-state index in [1.807, 2.05) is 17.1 Å². The molecule has 0 saturated carbocycles. The molecule has 4 heteroatoms. The van der Waals surface area contributed by atoms with Gasteiger partial charge in [0.1, 0.15) is 0 Å². The van der Waals surface area contributed by atoms with Crippen LogP contribution in [0.5, 0.6) is 0 Å². The van der Waals surface area contributed by atoms with Gasteiger partial charge in [0.2, 0.25) is 0 Å². The minimum Gasteiger partial charge on any atom is -0.385 e. The number of ether oxygens (including phenoxy) is 1. The van der Waals surface area contributed by atoms with Gasteiger partial charge in [-0.25, -0.2) is 0 Å². The van der Waals surface area contributed by atoms with Crippen molar-refractivity contribution in [1.29, 1.82) is 0 Å². The SMILES string of the molecule is COCCCn1cc(NC(C)C)cn1. The standard InChI is InChI=1S/C10H19N3O/c1-9(2)12-10-7-11-13(8-10)5-4-6-14-3/h7-9,12H,4-6H2,1-3H3. The first-order valence-electron chi connectivity index (χ1n) is 5.00. The van der Waals surface area contributed by atoms with Gasteiger partial charge in [0, 0.05) is 32.5 Å². The van der Waals surface area contributed by atoms with Crippen molar-refractivity contribution in [1.82, 2.24) is 9.78 Å². The second-order valence-corrected chi connectivity index (χ2v) is 3.64. The van der Waals surface area contributed by atoms with Gasteiger partial charge in [-0.15, -0.1) is 0 Å². The van der Waals surface area contributed by atoms with Crippen LogP contribution in [0.1, 0.15) is 20.3 Å². The Labute approximate surface area is 85.3 Å². The van der Waals surface area contributed by atoms with Gasteiger partial charge in [-0.1, -0.05) is 0 Å². The zero-order valence-electron chi connectivity index (χ0n) is 9.16. The molecular weight excluding hydrogens is 178 g/mol. The molecule has 0 saturated heterocycles. The van der Waals surface area contributed by atoms with Crippen molar-refractivity contribution in [2.75, 3.05) is 19.0 Å². The highest BCUT2D eigenvalue weighted by Gasteiger charge is 1.99. The first kappa shape index (κ1) is 11.0. The number of anilines is 1. The van der Waals surface area contributed by atoms with Gasteiger partial charge in [0.25, 0.3) is 0 Å². The molecule has 1 rings (SSSR count). The molecule has 0 aromatic carbocycles. The summed E-state index contributed by atoms with van der Waals surface area (Å²) in [6, 6.07) is 0.451. The third-order valence-corrected chi connectivity index (χ3v) is 1.82. The van der Waals surface area contributed by atoms with Crippen molar-refractivity contribution in [2.45, 2.75) is 32.9 Å². The average Bonchev–Trinajstić information content (AvgIpc) is 2.52. The Morgan fingerprint density at radius 2 is 2.36 bits per heavy atom. The van der Waals surface area contributed by atoms with Crippen LogP contribution < -0.4 is 5.32 Å². The van der Waals surface area contributed by atoms with Gasteiger partial charge < -0.3 is 10.1 Å². The third-order valence-electron chi connectivity index (χ3n) is 1.82. The zero-order chi connectivity index (χ0) is 10.4. The van der Waals surface area contributed by atoms with Crippen molar-refractivity contribution in [3.8, 4) is 0 Å². The van der Waals surface area contributed by atoms with E-state index in [0.29, 0.717) is 6.04 Å². The predicted octanol–water partition coefficient (Wildman–Crippen LogP) is 1.74. The topological polar surface area (TPSA) is 39.1 Å². The van der Waals surface area contributed by atoms with E-state index in [-0.39, 0.29) is 0 Å². The Kier molecular flexibility index (Phi) is 4.46. The van der Waals surface area contributed by atoms with E-state index in [1.165, 1.54) is 0 Å². The Balaban J connectivity index is 2.35. The van der Waals surface area contributed by atoms with Crippen LogP contribution >= 0.6 is 0 Å². The van der Waals surface area contributed by atoms with Gasteiger partial charge in [0.05, 0.1) is 11.9 Å². The van der Waals surface area contributed by atoms with Crippen LogP contribution in [-0.4, -0.2) is 29.5 Å². The van der Waals surface area contributed by atoms with Gasteiger partial charge >= 0.3 is 0 Å². The number of rotatable bonds is 6. The number of hydrogen-bond donors (Lipinski definition) is 1. The summed E-state index contributed by atoms with van der Waals surface area (Å²) in [5.41, 5.74) is 1.08. The van der Waals surface area contributed by atoms with Gasteiger partial charge in [-0.3, -0.25) is 4.68 Å². The van der Waals surface area contributed by atoms with E-state index < -0.39 is 0 Å². The summed E-state index contributed by atoms with van der Waals surface area (Å²) in [6.45, 7) is 5.92. The van der Waals surface area contributed by atoms with Crippen LogP contribution in [0.15, 0.2) is 12.4 Å². The summed E-state index contributed by atoms with van der Waals surface area (Å²) in [6.07, 6.45) is 4.88. The number of aromatic nitrogens is 2. The average molecular weight is 197 g/mol. The zero-order valence-corrected chi connectivity index (χ0v) is 9.16. The van der Waals surface area contributed by atoms with E-state index in [2.05, 4.69) is 24.3 Å². The highest BCUT2D eigenvalue weighted by Crippen LogP contribution is 2.06. The van der Waals surface area contributed by atoms with Crippen LogP contribution in [0.3, 0.4) is 0 Å². The van der Waals surface area contributed by atoms with Crippen molar-refractivity contribution in [2.24, 2.45) is 0 Å². The van der Waals surface area contributed by atoms with Crippen LogP contribution in [0.25, 0.3) is 0 Å². The van der Waals surface area contributed by atoms with Crippen LogP contribution in [-0.2, 0) is 11.3 Å². The maximum atomic E-state index is 4.98. The lowest BCUT2D eigenvalue weighted by Gasteiger charge is -2.05. The molecular formula is C10H19N3O. The summed E-state index contributed by atoms with van der Waals surface area (Å²) < 4.78 is 6.91. The smallest absolute Gasteiger partial charge is 0.0728 e. The quantitative estimate of drug-likeness (QED) is 0.706. The van der Waals surface area contributed by atoms with E-state index in [4.69, 9.17) is 4.74 Å². The highest BCUT2D eigenvalue weighted by atomic mass is 16.5. The molecule has 14 heavy (non-hydrogen) atoms. The highest BCUT2D eigenvalue weighted by molar-refractivity contribution is 5.38. The largest absolute Gasteiger partial charge is 0.385 e. The summed E-state index contributed by atoms with van der Waals surface area (Å²) in [5.74, 6) is 0. The summed E-state index contributed by atoms with van der Waals surface area (Å²) in [5, 5.41) is 7.54. The lowest BCUT2D eigenvalue weighted by molar-refractivity contribution is 0.189. The molecule has 1 heterocycles. The van der Waals surface area contributed by atoms with E-state index in [9.17, 15) is 0 Å². The molecule has 1 aromatic rings. The Morgan fingerprint density at radius 3 is 3.00 bits per heavy atom. The van der Waals surface area contributed by atoms with E-state index in [0.717, 1.165) is 25.3 Å². The number of hydrogen-bond acceptors (Lipinski definition) is 3. The predicted molar refractivity (Wildman–Crippen MR) is 57.5 cm³/mol. The lowest BCUT2D eigenvalue weighted by Crippen LogP contribution is -2.08. The molecule has 0 amide bonds. The Hall–Kier alpha value is -1.03. The molecule has 0 aliphatic heterocycles. The van der Waals surface area contributed by atoms with Gasteiger partial charge in [-0.05, 0) is 20.3 Å². The first-order valence-corrected chi connectivity index (χ1v) is 5.00. The second-order valence-electron chi connectivity index (χ2n) is 3.64. The van der Waals surface area contributed by atoms with Crippen molar-refractivity contribution >= 4 is 5.69 Å². The third kappa shape index (κ3) is 3.79. The minimum atomic E-state index is 0.451. The van der Waals surface area contributed by atoms with Crippen molar-refractivity contribution in [3.63, 3.8) is 0 Å². The fraction of sp³-hybridized carbons (Fsp3) is 0.700. The molecule has 0 bridgehead atoms. The first-order chi connectivity index (χ1) is 6.72. The molecule has 1 aromatic heterocycles.